The Morgan fingerprint density at radius 1 is 1.14 bits per heavy atom. The molecule has 6 heteroatoms. The van der Waals surface area contributed by atoms with Crippen LogP contribution in [0.2, 0.25) is 0 Å². The molecule has 3 aromatic rings. The van der Waals surface area contributed by atoms with E-state index in [0.717, 1.165) is 46.7 Å². The minimum absolute atomic E-state index is 0.0312. The Morgan fingerprint density at radius 3 is 2.61 bits per heavy atom. The van der Waals surface area contributed by atoms with E-state index in [1.165, 1.54) is 5.56 Å². The van der Waals surface area contributed by atoms with E-state index in [-0.39, 0.29) is 17.2 Å². The first-order valence-electron chi connectivity index (χ1n) is 9.61. The van der Waals surface area contributed by atoms with Crippen LogP contribution in [0.4, 0.5) is 0 Å². The van der Waals surface area contributed by atoms with Gasteiger partial charge in [0.15, 0.2) is 0 Å². The standard InChI is InChI=1S/C22H22N4O2/c1-13-11-19(27)25-26-20(13)14-3-8-17-18(12-14)24-21(23-17)22(9-10-22)15-4-6-16(28-2)7-5-15/h3-8,12-13H,9-11H2,1-2H3,(H,23,24)(H,25,27). The lowest BCUT2D eigenvalue weighted by Crippen LogP contribution is -2.31. The third kappa shape index (κ3) is 2.68. The number of carbonyl (C=O) groups excluding carboxylic acids is 1. The van der Waals surface area contributed by atoms with Crippen molar-refractivity contribution < 1.29 is 9.53 Å². The van der Waals surface area contributed by atoms with Crippen LogP contribution in [0.25, 0.3) is 11.0 Å². The summed E-state index contributed by atoms with van der Waals surface area (Å²) in [7, 11) is 1.68. The first-order chi connectivity index (χ1) is 13.6. The van der Waals surface area contributed by atoms with Gasteiger partial charge in [0.1, 0.15) is 11.6 Å². The van der Waals surface area contributed by atoms with Crippen molar-refractivity contribution in [1.29, 1.82) is 0 Å². The maximum Gasteiger partial charge on any atom is 0.240 e. The van der Waals surface area contributed by atoms with Gasteiger partial charge >= 0.3 is 0 Å². The van der Waals surface area contributed by atoms with E-state index in [1.54, 1.807) is 7.11 Å². The zero-order valence-corrected chi connectivity index (χ0v) is 16.0. The normalized spacial score (nSPS) is 20.6. The Hall–Kier alpha value is -3.15. The number of benzene rings is 2. The number of aromatic amines is 1. The summed E-state index contributed by atoms with van der Waals surface area (Å²) in [5, 5.41) is 4.27. The molecule has 1 fully saturated rings. The van der Waals surface area contributed by atoms with Gasteiger partial charge in [0.05, 0.1) is 29.3 Å². The highest BCUT2D eigenvalue weighted by Gasteiger charge is 2.48. The third-order valence-electron chi connectivity index (χ3n) is 5.88. The zero-order valence-electron chi connectivity index (χ0n) is 16.0. The fraction of sp³-hybridized carbons (Fsp3) is 0.318. The minimum atomic E-state index is -0.0327. The number of carbonyl (C=O) groups is 1. The van der Waals surface area contributed by atoms with Crippen molar-refractivity contribution in [2.75, 3.05) is 7.11 Å². The van der Waals surface area contributed by atoms with E-state index < -0.39 is 0 Å². The second kappa shape index (κ2) is 6.19. The second-order valence-electron chi connectivity index (χ2n) is 7.77. The van der Waals surface area contributed by atoms with Gasteiger partial charge in [-0.15, -0.1) is 0 Å². The lowest BCUT2D eigenvalue weighted by molar-refractivity contribution is -0.121. The van der Waals surface area contributed by atoms with Crippen LogP contribution in [0.3, 0.4) is 0 Å². The predicted octanol–water partition coefficient (Wildman–Crippen LogP) is 3.51. The van der Waals surface area contributed by atoms with E-state index in [1.807, 2.05) is 31.2 Å². The molecule has 1 aromatic heterocycles. The molecule has 1 aliphatic heterocycles. The third-order valence-corrected chi connectivity index (χ3v) is 5.88. The maximum atomic E-state index is 11.5. The van der Waals surface area contributed by atoms with E-state index in [2.05, 4.69) is 33.7 Å². The predicted molar refractivity (Wildman–Crippen MR) is 108 cm³/mol. The molecule has 142 valence electrons. The molecular weight excluding hydrogens is 352 g/mol. The number of hydrogen-bond acceptors (Lipinski definition) is 4. The topological polar surface area (TPSA) is 79.4 Å². The summed E-state index contributed by atoms with van der Waals surface area (Å²) >= 11 is 0. The Balaban J connectivity index is 1.51. The lowest BCUT2D eigenvalue weighted by Gasteiger charge is -2.19. The molecule has 1 aliphatic carbocycles. The fourth-order valence-electron chi connectivity index (χ4n) is 4.10. The average Bonchev–Trinajstić information content (AvgIpc) is 3.40. The van der Waals surface area contributed by atoms with Crippen LogP contribution in [0.5, 0.6) is 5.75 Å². The summed E-state index contributed by atoms with van der Waals surface area (Å²) < 4.78 is 5.28. The number of nitrogens with one attached hydrogen (secondary N) is 2. The minimum Gasteiger partial charge on any atom is -0.497 e. The molecule has 2 aromatic carbocycles. The number of H-pyrrole nitrogens is 1. The Morgan fingerprint density at radius 2 is 1.93 bits per heavy atom. The van der Waals surface area contributed by atoms with Gasteiger partial charge in [-0.1, -0.05) is 25.1 Å². The van der Waals surface area contributed by atoms with E-state index in [0.29, 0.717) is 6.42 Å². The molecule has 0 bridgehead atoms. The number of imidazole rings is 1. The van der Waals surface area contributed by atoms with Gasteiger partial charge < -0.3 is 9.72 Å². The van der Waals surface area contributed by atoms with Crippen LogP contribution in [-0.2, 0) is 10.2 Å². The summed E-state index contributed by atoms with van der Waals surface area (Å²) in [6, 6.07) is 14.4. The summed E-state index contributed by atoms with van der Waals surface area (Å²) in [6.07, 6.45) is 2.63. The average molecular weight is 374 g/mol. The molecule has 1 unspecified atom stereocenters. The monoisotopic (exact) mass is 374 g/mol. The van der Waals surface area contributed by atoms with Crippen LogP contribution in [0, 0.1) is 5.92 Å². The van der Waals surface area contributed by atoms with E-state index in [9.17, 15) is 4.79 Å². The van der Waals surface area contributed by atoms with Crippen molar-refractivity contribution in [2.24, 2.45) is 11.0 Å². The van der Waals surface area contributed by atoms with Crippen LogP contribution in [0.1, 0.15) is 43.1 Å². The second-order valence-corrected chi connectivity index (χ2v) is 7.77. The van der Waals surface area contributed by atoms with Crippen LogP contribution in [-0.4, -0.2) is 28.7 Å². The number of rotatable bonds is 4. The van der Waals surface area contributed by atoms with Gasteiger partial charge in [0, 0.05) is 17.9 Å². The number of ether oxygens (including phenoxy) is 1. The maximum absolute atomic E-state index is 11.5. The number of fused-ring (bicyclic) bond motifs is 1. The first-order valence-corrected chi connectivity index (χ1v) is 9.61. The number of amides is 1. The van der Waals surface area contributed by atoms with Gasteiger partial charge in [0.2, 0.25) is 5.91 Å². The number of nitrogens with zero attached hydrogens (tertiary/aromatic N) is 2. The largest absolute Gasteiger partial charge is 0.497 e. The molecule has 0 spiro atoms. The van der Waals surface area contributed by atoms with Gasteiger partial charge in [0.25, 0.3) is 0 Å². The Kier molecular flexibility index (Phi) is 3.75. The lowest BCUT2D eigenvalue weighted by atomic mass is 9.94. The van der Waals surface area contributed by atoms with Gasteiger partial charge in [-0.25, -0.2) is 10.4 Å². The zero-order chi connectivity index (χ0) is 19.3. The summed E-state index contributed by atoms with van der Waals surface area (Å²) in [5.41, 5.74) is 7.70. The van der Waals surface area contributed by atoms with Gasteiger partial charge in [-0.2, -0.15) is 5.10 Å². The molecule has 1 amide bonds. The molecule has 6 nitrogen and oxygen atoms in total. The number of methoxy groups -OCH3 is 1. The van der Waals surface area contributed by atoms with Crippen molar-refractivity contribution in [1.82, 2.24) is 15.4 Å². The van der Waals surface area contributed by atoms with Crippen LogP contribution >= 0.6 is 0 Å². The molecule has 2 aliphatic rings. The molecular formula is C22H22N4O2. The summed E-state index contributed by atoms with van der Waals surface area (Å²) in [4.78, 5) is 19.9. The van der Waals surface area contributed by atoms with Gasteiger partial charge in [-0.3, -0.25) is 4.79 Å². The number of hydrazone groups is 1. The molecule has 1 saturated carbocycles. The first kappa shape index (κ1) is 17.0. The van der Waals surface area contributed by atoms with Crippen LogP contribution in [0.15, 0.2) is 47.6 Å². The SMILES string of the molecule is COc1ccc(C2(c3nc4ccc(C5=NNC(=O)CC5C)cc4[nH]3)CC2)cc1. The fourth-order valence-corrected chi connectivity index (χ4v) is 4.10. The van der Waals surface area contributed by atoms with E-state index >= 15 is 0 Å². The van der Waals surface area contributed by atoms with Crippen molar-refractivity contribution in [3.63, 3.8) is 0 Å². The van der Waals surface area contributed by atoms with Crippen molar-refractivity contribution >= 4 is 22.7 Å². The van der Waals surface area contributed by atoms with Crippen LogP contribution < -0.4 is 10.2 Å². The highest BCUT2D eigenvalue weighted by atomic mass is 16.5. The molecule has 0 saturated heterocycles. The van der Waals surface area contributed by atoms with Gasteiger partial charge in [-0.05, 0) is 42.7 Å². The van der Waals surface area contributed by atoms with Crippen molar-refractivity contribution in [3.8, 4) is 5.75 Å². The molecule has 0 radical (unpaired) electrons. The Labute approximate surface area is 163 Å². The molecule has 2 N–H and O–H groups in total. The molecule has 1 atom stereocenters. The summed E-state index contributed by atoms with van der Waals surface area (Å²) in [5.74, 6) is 1.94. The Bertz CT molecular complexity index is 1090. The molecule has 28 heavy (non-hydrogen) atoms. The van der Waals surface area contributed by atoms with Crippen molar-refractivity contribution in [2.45, 2.75) is 31.6 Å². The molecule has 2 heterocycles. The van der Waals surface area contributed by atoms with Crippen molar-refractivity contribution in [3.05, 3.63) is 59.4 Å². The quantitative estimate of drug-likeness (QED) is 0.733. The molecule has 5 rings (SSSR count). The highest BCUT2D eigenvalue weighted by molar-refractivity contribution is 6.07. The number of aromatic nitrogens is 2. The smallest absolute Gasteiger partial charge is 0.240 e. The highest BCUT2D eigenvalue weighted by Crippen LogP contribution is 2.52. The number of hydrogen-bond donors (Lipinski definition) is 2. The van der Waals surface area contributed by atoms with E-state index in [4.69, 9.17) is 9.72 Å². The summed E-state index contributed by atoms with van der Waals surface area (Å²) in [6.45, 7) is 2.03.